The molecular weight excluding hydrogens is 362 g/mol. The van der Waals surface area contributed by atoms with Crippen molar-refractivity contribution in [2.75, 3.05) is 52.2 Å². The van der Waals surface area contributed by atoms with Gasteiger partial charge in [-0.25, -0.2) is 0 Å². The number of hydrogen-bond donors (Lipinski definition) is 2. The van der Waals surface area contributed by atoms with Crippen LogP contribution in [0.25, 0.3) is 0 Å². The molecule has 2 aromatic carbocycles. The SMILES string of the molecule is CNCCC(Oc1ccccc1N1CCC(O)(CN(C)C)CC1)c1ccccc1. The molecule has 0 radical (unpaired) electrons. The number of rotatable bonds is 9. The quantitative estimate of drug-likeness (QED) is 0.680. The van der Waals surface area contributed by atoms with E-state index in [1.54, 1.807) is 0 Å². The van der Waals surface area contributed by atoms with Gasteiger partial charge >= 0.3 is 0 Å². The number of aliphatic hydroxyl groups is 1. The Bertz CT molecular complexity index is 743. The fourth-order valence-electron chi connectivity index (χ4n) is 4.12. The van der Waals surface area contributed by atoms with Crippen LogP contribution in [0.2, 0.25) is 0 Å². The molecule has 29 heavy (non-hydrogen) atoms. The summed E-state index contributed by atoms with van der Waals surface area (Å²) in [5, 5.41) is 14.1. The number of piperidine rings is 1. The Morgan fingerprint density at radius 2 is 1.72 bits per heavy atom. The van der Waals surface area contributed by atoms with Crippen molar-refractivity contribution in [1.29, 1.82) is 0 Å². The van der Waals surface area contributed by atoms with E-state index in [0.717, 1.165) is 50.3 Å². The van der Waals surface area contributed by atoms with E-state index < -0.39 is 5.60 Å². The van der Waals surface area contributed by atoms with E-state index in [0.29, 0.717) is 6.54 Å². The summed E-state index contributed by atoms with van der Waals surface area (Å²) >= 11 is 0. The summed E-state index contributed by atoms with van der Waals surface area (Å²) < 4.78 is 6.55. The van der Waals surface area contributed by atoms with Gasteiger partial charge in [0, 0.05) is 26.1 Å². The molecule has 1 fully saturated rings. The van der Waals surface area contributed by atoms with Crippen molar-refractivity contribution in [2.24, 2.45) is 0 Å². The van der Waals surface area contributed by atoms with Gasteiger partial charge in [0.2, 0.25) is 0 Å². The van der Waals surface area contributed by atoms with Crippen molar-refractivity contribution >= 4 is 5.69 Å². The minimum absolute atomic E-state index is 0.000244. The van der Waals surface area contributed by atoms with Gasteiger partial charge in [-0.3, -0.25) is 0 Å². The first-order valence-electron chi connectivity index (χ1n) is 10.6. The predicted molar refractivity (Wildman–Crippen MR) is 120 cm³/mol. The first-order valence-corrected chi connectivity index (χ1v) is 10.6. The Kier molecular flexibility index (Phi) is 7.53. The van der Waals surface area contributed by atoms with E-state index >= 15 is 0 Å². The maximum absolute atomic E-state index is 10.9. The van der Waals surface area contributed by atoms with E-state index in [2.05, 4.69) is 57.6 Å². The molecule has 0 amide bonds. The van der Waals surface area contributed by atoms with Crippen LogP contribution in [0.15, 0.2) is 54.6 Å². The average Bonchev–Trinajstić information content (AvgIpc) is 2.72. The van der Waals surface area contributed by atoms with Crippen molar-refractivity contribution in [3.05, 3.63) is 60.2 Å². The predicted octanol–water partition coefficient (Wildman–Crippen LogP) is 3.31. The molecule has 158 valence electrons. The Morgan fingerprint density at radius 1 is 1.07 bits per heavy atom. The molecule has 3 rings (SSSR count). The second kappa shape index (κ2) is 10.1. The Labute approximate surface area is 175 Å². The van der Waals surface area contributed by atoms with Crippen LogP contribution in [0.3, 0.4) is 0 Å². The van der Waals surface area contributed by atoms with Crippen LogP contribution in [0.5, 0.6) is 5.75 Å². The van der Waals surface area contributed by atoms with Gasteiger partial charge in [-0.2, -0.15) is 0 Å². The summed E-state index contributed by atoms with van der Waals surface area (Å²) in [5.41, 5.74) is 1.70. The van der Waals surface area contributed by atoms with Gasteiger partial charge < -0.3 is 25.0 Å². The lowest BCUT2D eigenvalue weighted by molar-refractivity contribution is -0.00548. The van der Waals surface area contributed by atoms with Crippen LogP contribution in [0.1, 0.15) is 30.9 Å². The van der Waals surface area contributed by atoms with E-state index in [1.165, 1.54) is 5.56 Å². The number of nitrogens with one attached hydrogen (secondary N) is 1. The minimum atomic E-state index is -0.602. The standard InChI is InChI=1S/C24H35N3O2/c1-25-16-13-22(20-9-5-4-6-10-20)29-23-12-8-7-11-21(23)27-17-14-24(28,15-18-27)19-26(2)3/h4-12,22,25,28H,13-19H2,1-3H3. The molecule has 1 atom stereocenters. The van der Waals surface area contributed by atoms with Gasteiger partial charge in [0.1, 0.15) is 11.9 Å². The maximum atomic E-state index is 10.9. The van der Waals surface area contributed by atoms with Gasteiger partial charge in [-0.05, 0) is 58.2 Å². The number of benzene rings is 2. The molecule has 0 saturated carbocycles. The van der Waals surface area contributed by atoms with Crippen molar-refractivity contribution < 1.29 is 9.84 Å². The van der Waals surface area contributed by atoms with Crippen molar-refractivity contribution in [3.63, 3.8) is 0 Å². The van der Waals surface area contributed by atoms with E-state index in [1.807, 2.05) is 33.3 Å². The van der Waals surface area contributed by atoms with Crippen LogP contribution >= 0.6 is 0 Å². The maximum Gasteiger partial charge on any atom is 0.143 e. The van der Waals surface area contributed by atoms with Gasteiger partial charge in [-0.15, -0.1) is 0 Å². The molecular formula is C24H35N3O2. The first-order chi connectivity index (χ1) is 14.0. The molecule has 1 saturated heterocycles. The van der Waals surface area contributed by atoms with Gasteiger partial charge in [0.05, 0.1) is 11.3 Å². The lowest BCUT2D eigenvalue weighted by Gasteiger charge is -2.41. The third-order valence-electron chi connectivity index (χ3n) is 5.61. The van der Waals surface area contributed by atoms with Crippen LogP contribution in [0.4, 0.5) is 5.69 Å². The highest BCUT2D eigenvalue weighted by Gasteiger charge is 2.33. The number of anilines is 1. The van der Waals surface area contributed by atoms with E-state index in [4.69, 9.17) is 4.74 Å². The minimum Gasteiger partial charge on any atom is -0.484 e. The summed E-state index contributed by atoms with van der Waals surface area (Å²) in [5.74, 6) is 0.913. The molecule has 2 aromatic rings. The van der Waals surface area contributed by atoms with Gasteiger partial charge in [-0.1, -0.05) is 42.5 Å². The molecule has 0 aliphatic carbocycles. The largest absolute Gasteiger partial charge is 0.484 e. The third-order valence-corrected chi connectivity index (χ3v) is 5.61. The van der Waals surface area contributed by atoms with Gasteiger partial charge in [0.25, 0.3) is 0 Å². The van der Waals surface area contributed by atoms with Crippen molar-refractivity contribution in [1.82, 2.24) is 10.2 Å². The molecule has 2 N–H and O–H groups in total. The fourth-order valence-corrected chi connectivity index (χ4v) is 4.12. The van der Waals surface area contributed by atoms with Crippen LogP contribution in [-0.4, -0.2) is 62.9 Å². The molecule has 5 nitrogen and oxygen atoms in total. The normalized spacial score (nSPS) is 17.3. The Morgan fingerprint density at radius 3 is 2.38 bits per heavy atom. The highest BCUT2D eigenvalue weighted by Crippen LogP contribution is 2.36. The Hall–Kier alpha value is -2.08. The topological polar surface area (TPSA) is 48.0 Å². The number of para-hydroxylation sites is 2. The van der Waals surface area contributed by atoms with Crippen LogP contribution < -0.4 is 15.0 Å². The highest BCUT2D eigenvalue weighted by molar-refractivity contribution is 5.59. The summed E-state index contributed by atoms with van der Waals surface area (Å²) in [6.45, 7) is 3.26. The molecule has 0 aromatic heterocycles. The molecule has 0 bridgehead atoms. The zero-order chi connectivity index (χ0) is 20.7. The number of hydrogen-bond acceptors (Lipinski definition) is 5. The zero-order valence-corrected chi connectivity index (χ0v) is 18.0. The first kappa shape index (κ1) is 21.6. The monoisotopic (exact) mass is 397 g/mol. The molecule has 1 aliphatic rings. The molecule has 0 spiro atoms. The summed E-state index contributed by atoms with van der Waals surface area (Å²) in [4.78, 5) is 4.42. The van der Waals surface area contributed by atoms with Crippen LogP contribution in [0, 0.1) is 0 Å². The summed E-state index contributed by atoms with van der Waals surface area (Å²) in [7, 11) is 6.00. The molecule has 5 heteroatoms. The lowest BCUT2D eigenvalue weighted by Crippen LogP contribution is -2.49. The van der Waals surface area contributed by atoms with E-state index in [9.17, 15) is 5.11 Å². The number of likely N-dealkylation sites (N-methyl/N-ethyl adjacent to an activating group) is 1. The lowest BCUT2D eigenvalue weighted by atomic mass is 9.90. The van der Waals surface area contributed by atoms with Gasteiger partial charge in [0.15, 0.2) is 0 Å². The second-order valence-electron chi connectivity index (χ2n) is 8.33. The average molecular weight is 398 g/mol. The molecule has 1 aliphatic heterocycles. The molecule has 1 heterocycles. The Balaban J connectivity index is 1.75. The number of ether oxygens (including phenoxy) is 1. The molecule has 1 unspecified atom stereocenters. The third kappa shape index (κ3) is 5.95. The van der Waals surface area contributed by atoms with Crippen molar-refractivity contribution in [2.45, 2.75) is 31.0 Å². The smallest absolute Gasteiger partial charge is 0.143 e. The van der Waals surface area contributed by atoms with Crippen LogP contribution in [-0.2, 0) is 0 Å². The number of nitrogens with zero attached hydrogens (tertiary/aromatic N) is 2. The van der Waals surface area contributed by atoms with Crippen molar-refractivity contribution in [3.8, 4) is 5.75 Å². The van der Waals surface area contributed by atoms with E-state index in [-0.39, 0.29) is 6.10 Å². The zero-order valence-electron chi connectivity index (χ0n) is 18.0. The summed E-state index contributed by atoms with van der Waals surface area (Å²) in [6.07, 6.45) is 2.43. The summed E-state index contributed by atoms with van der Waals surface area (Å²) in [6, 6.07) is 18.7. The fraction of sp³-hybridized carbons (Fsp3) is 0.500. The second-order valence-corrected chi connectivity index (χ2v) is 8.33. The highest BCUT2D eigenvalue weighted by atomic mass is 16.5.